The zero-order chi connectivity index (χ0) is 25.2. The fourth-order valence-corrected chi connectivity index (χ4v) is 6.57. The third-order valence-electron chi connectivity index (χ3n) is 8.76. The number of rotatable bonds is 6. The largest absolute Gasteiger partial charge is 0.365 e. The standard InChI is InChI=1S/C28H38FN3O4/c1-2-31-14-12-19(13-15-31)18-8-10-21(11-9-18)27(34)30-24(20-6-4-3-5-7-20)28(35)32-16-22(29)26-25(32)23(33)17-36-26/h8-11,19-20,22,24-26H,2-7,12-17H2,1H3,(H,30,34)/t22-,24-,25+,26+/m0/s1. The van der Waals surface area contributed by atoms with Crippen LogP contribution in [0.3, 0.4) is 0 Å². The van der Waals surface area contributed by atoms with Gasteiger partial charge < -0.3 is 19.9 Å². The summed E-state index contributed by atoms with van der Waals surface area (Å²) in [4.78, 5) is 43.1. The maximum absolute atomic E-state index is 14.6. The molecule has 4 fully saturated rings. The van der Waals surface area contributed by atoms with Gasteiger partial charge in [0.15, 0.2) is 5.78 Å². The van der Waals surface area contributed by atoms with Gasteiger partial charge >= 0.3 is 0 Å². The zero-order valence-electron chi connectivity index (χ0n) is 21.2. The van der Waals surface area contributed by atoms with E-state index in [1.807, 2.05) is 24.3 Å². The summed E-state index contributed by atoms with van der Waals surface area (Å²) in [7, 11) is 0. The predicted molar refractivity (Wildman–Crippen MR) is 134 cm³/mol. The minimum absolute atomic E-state index is 0.0206. The van der Waals surface area contributed by atoms with Crippen molar-refractivity contribution in [1.82, 2.24) is 15.1 Å². The number of Topliss-reactive ketones (excluding diaryl/α,β-unsaturated/α-hetero) is 1. The minimum atomic E-state index is -1.38. The van der Waals surface area contributed by atoms with E-state index in [0.29, 0.717) is 11.5 Å². The van der Waals surface area contributed by atoms with Gasteiger partial charge in [-0.2, -0.15) is 0 Å². The Bertz CT molecular complexity index is 956. The van der Waals surface area contributed by atoms with Crippen LogP contribution in [0.1, 0.15) is 73.7 Å². The zero-order valence-corrected chi connectivity index (χ0v) is 21.2. The van der Waals surface area contributed by atoms with E-state index in [2.05, 4.69) is 17.1 Å². The first-order valence-electron chi connectivity index (χ1n) is 13.7. The van der Waals surface area contributed by atoms with Crippen LogP contribution in [0.4, 0.5) is 4.39 Å². The number of hydrogen-bond donors (Lipinski definition) is 1. The van der Waals surface area contributed by atoms with Crippen LogP contribution in [-0.4, -0.2) is 84.5 Å². The number of likely N-dealkylation sites (tertiary alicyclic amines) is 2. The van der Waals surface area contributed by atoms with Crippen LogP contribution >= 0.6 is 0 Å². The molecule has 196 valence electrons. The van der Waals surface area contributed by atoms with Gasteiger partial charge in [0.2, 0.25) is 5.91 Å². The molecular formula is C28H38FN3O4. The van der Waals surface area contributed by atoms with E-state index in [-0.39, 0.29) is 36.7 Å². The molecular weight excluding hydrogens is 461 g/mol. The maximum atomic E-state index is 14.6. The summed E-state index contributed by atoms with van der Waals surface area (Å²) in [6.07, 6.45) is 4.73. The van der Waals surface area contributed by atoms with Crippen molar-refractivity contribution in [3.8, 4) is 0 Å². The van der Waals surface area contributed by atoms with E-state index < -0.39 is 24.4 Å². The monoisotopic (exact) mass is 499 g/mol. The highest BCUT2D eigenvalue weighted by molar-refractivity contribution is 5.99. The Labute approximate surface area is 212 Å². The van der Waals surface area contributed by atoms with Crippen molar-refractivity contribution in [1.29, 1.82) is 0 Å². The number of fused-ring (bicyclic) bond motifs is 1. The molecule has 3 heterocycles. The molecule has 3 saturated heterocycles. The fourth-order valence-electron chi connectivity index (χ4n) is 6.57. The minimum Gasteiger partial charge on any atom is -0.365 e. The summed E-state index contributed by atoms with van der Waals surface area (Å²) in [5.41, 5.74) is 1.76. The van der Waals surface area contributed by atoms with Crippen molar-refractivity contribution < 1.29 is 23.5 Å². The van der Waals surface area contributed by atoms with E-state index >= 15 is 0 Å². The average Bonchev–Trinajstić information content (AvgIpc) is 3.47. The van der Waals surface area contributed by atoms with Crippen LogP contribution in [0.2, 0.25) is 0 Å². The molecule has 1 aromatic carbocycles. The second kappa shape index (κ2) is 11.0. The maximum Gasteiger partial charge on any atom is 0.251 e. The van der Waals surface area contributed by atoms with Crippen molar-refractivity contribution in [3.05, 3.63) is 35.4 Å². The lowest BCUT2D eigenvalue weighted by Crippen LogP contribution is -2.55. The highest BCUT2D eigenvalue weighted by Crippen LogP contribution is 2.33. The van der Waals surface area contributed by atoms with Gasteiger partial charge in [0.25, 0.3) is 5.91 Å². The Balaban J connectivity index is 1.29. The number of benzene rings is 1. The lowest BCUT2D eigenvalue weighted by atomic mass is 9.83. The Morgan fingerprint density at radius 1 is 1.08 bits per heavy atom. The fraction of sp³-hybridized carbons (Fsp3) is 0.679. The molecule has 4 aliphatic rings. The molecule has 2 amide bonds. The van der Waals surface area contributed by atoms with E-state index in [1.165, 1.54) is 10.5 Å². The Kier molecular flexibility index (Phi) is 7.72. The van der Waals surface area contributed by atoms with Crippen molar-refractivity contribution in [3.63, 3.8) is 0 Å². The van der Waals surface area contributed by atoms with Crippen molar-refractivity contribution in [2.24, 2.45) is 5.92 Å². The second-order valence-electron chi connectivity index (χ2n) is 10.9. The van der Waals surface area contributed by atoms with Gasteiger partial charge in [0.05, 0.1) is 6.54 Å². The molecule has 7 nitrogen and oxygen atoms in total. The van der Waals surface area contributed by atoms with Crippen molar-refractivity contribution in [2.75, 3.05) is 32.8 Å². The highest BCUT2D eigenvalue weighted by Gasteiger charge is 2.54. The van der Waals surface area contributed by atoms with Crippen LogP contribution in [0.25, 0.3) is 0 Å². The summed E-state index contributed by atoms with van der Waals surface area (Å²) in [5.74, 6) is -0.434. The first-order chi connectivity index (χ1) is 17.5. The number of carbonyl (C=O) groups is 3. The van der Waals surface area contributed by atoms with Crippen molar-refractivity contribution in [2.45, 2.75) is 82.1 Å². The topological polar surface area (TPSA) is 79.0 Å². The normalized spacial score (nSPS) is 28.8. The van der Waals surface area contributed by atoms with Gasteiger partial charge in [-0.3, -0.25) is 14.4 Å². The molecule has 1 aromatic rings. The van der Waals surface area contributed by atoms with Crippen molar-refractivity contribution >= 4 is 17.6 Å². The van der Waals surface area contributed by atoms with E-state index in [4.69, 9.17) is 4.74 Å². The number of hydrogen-bond acceptors (Lipinski definition) is 5. The first-order valence-corrected chi connectivity index (χ1v) is 13.7. The number of ether oxygens (including phenoxy) is 1. The molecule has 0 unspecified atom stereocenters. The van der Waals surface area contributed by atoms with Gasteiger partial charge in [-0.05, 0) is 74.8 Å². The van der Waals surface area contributed by atoms with Gasteiger partial charge in [-0.15, -0.1) is 0 Å². The number of piperidine rings is 1. The summed E-state index contributed by atoms with van der Waals surface area (Å²) in [6, 6.07) is 6.11. The average molecular weight is 500 g/mol. The van der Waals surface area contributed by atoms with Gasteiger partial charge in [-0.25, -0.2) is 4.39 Å². The molecule has 1 aliphatic carbocycles. The molecule has 1 saturated carbocycles. The number of halogens is 1. The molecule has 3 aliphatic heterocycles. The van der Waals surface area contributed by atoms with Crippen LogP contribution in [0, 0.1) is 5.92 Å². The first kappa shape index (κ1) is 25.3. The lowest BCUT2D eigenvalue weighted by molar-refractivity contribution is -0.139. The van der Waals surface area contributed by atoms with Gasteiger partial charge in [0.1, 0.15) is 31.0 Å². The molecule has 0 bridgehead atoms. The van der Waals surface area contributed by atoms with Crippen LogP contribution < -0.4 is 5.32 Å². The Morgan fingerprint density at radius 3 is 2.44 bits per heavy atom. The van der Waals surface area contributed by atoms with Crippen LogP contribution in [-0.2, 0) is 14.3 Å². The molecule has 5 rings (SSSR count). The smallest absolute Gasteiger partial charge is 0.251 e. The Hall–Kier alpha value is -2.32. The third kappa shape index (κ3) is 5.07. The molecule has 1 N–H and O–H groups in total. The molecule has 0 radical (unpaired) electrons. The lowest BCUT2D eigenvalue weighted by Gasteiger charge is -2.34. The molecule has 4 atom stereocenters. The van der Waals surface area contributed by atoms with E-state index in [9.17, 15) is 18.8 Å². The van der Waals surface area contributed by atoms with Crippen LogP contribution in [0.5, 0.6) is 0 Å². The predicted octanol–water partition coefficient (Wildman–Crippen LogP) is 3.08. The summed E-state index contributed by atoms with van der Waals surface area (Å²) in [5, 5.41) is 2.99. The number of nitrogens with zero attached hydrogens (tertiary/aromatic N) is 2. The molecule has 36 heavy (non-hydrogen) atoms. The van der Waals surface area contributed by atoms with Gasteiger partial charge in [0, 0.05) is 5.56 Å². The van der Waals surface area contributed by atoms with Gasteiger partial charge in [-0.1, -0.05) is 38.3 Å². The number of alkyl halides is 1. The number of carbonyl (C=O) groups excluding carboxylic acids is 3. The van der Waals surface area contributed by atoms with E-state index in [1.54, 1.807) is 0 Å². The summed E-state index contributed by atoms with van der Waals surface area (Å²) >= 11 is 0. The number of nitrogens with one attached hydrogen (secondary N) is 1. The summed E-state index contributed by atoms with van der Waals surface area (Å²) < 4.78 is 19.9. The number of ketones is 1. The second-order valence-corrected chi connectivity index (χ2v) is 10.9. The number of amides is 2. The quantitative estimate of drug-likeness (QED) is 0.651. The summed E-state index contributed by atoms with van der Waals surface area (Å²) in [6.45, 7) is 5.14. The molecule has 0 spiro atoms. The van der Waals surface area contributed by atoms with Crippen LogP contribution in [0.15, 0.2) is 24.3 Å². The highest BCUT2D eigenvalue weighted by atomic mass is 19.1. The van der Waals surface area contributed by atoms with E-state index in [0.717, 1.165) is 64.6 Å². The molecule has 8 heteroatoms. The molecule has 0 aromatic heterocycles. The third-order valence-corrected chi connectivity index (χ3v) is 8.76. The Morgan fingerprint density at radius 2 is 1.78 bits per heavy atom. The SMILES string of the molecule is CCN1CCC(c2ccc(C(=O)N[C@H](C(=O)N3C[C@H](F)[C@H]4OCC(=O)[C@H]43)C3CCCCC3)cc2)CC1.